The molecular weight excluding hydrogens is 322 g/mol. The number of benzene rings is 1. The summed E-state index contributed by atoms with van der Waals surface area (Å²) in [6.07, 6.45) is 10.3. The third-order valence-corrected chi connectivity index (χ3v) is 6.09. The maximum absolute atomic E-state index is 13.5. The first-order chi connectivity index (χ1) is 12.7. The van der Waals surface area contributed by atoms with Crippen molar-refractivity contribution >= 4 is 16.8 Å². The van der Waals surface area contributed by atoms with Crippen LogP contribution in [-0.4, -0.2) is 23.5 Å². The van der Waals surface area contributed by atoms with E-state index in [1.54, 1.807) is 0 Å². The second-order valence-electron chi connectivity index (χ2n) is 7.74. The molecule has 1 fully saturated rings. The third kappa shape index (κ3) is 2.96. The van der Waals surface area contributed by atoms with Gasteiger partial charge in [-0.05, 0) is 43.7 Å². The molecule has 2 aromatic rings. The predicted molar refractivity (Wildman–Crippen MR) is 106 cm³/mol. The van der Waals surface area contributed by atoms with Gasteiger partial charge in [0, 0.05) is 29.2 Å². The quantitative estimate of drug-likeness (QED) is 0.715. The molecule has 3 N–H and O–H groups in total. The minimum absolute atomic E-state index is 0.124. The van der Waals surface area contributed by atoms with Gasteiger partial charge in [0.2, 0.25) is 5.91 Å². The van der Waals surface area contributed by atoms with Crippen LogP contribution >= 0.6 is 0 Å². The molecule has 4 heteroatoms. The number of fused-ring (bicyclic) bond motifs is 3. The molecular formula is C22H29N3O. The molecule has 138 valence electrons. The second-order valence-corrected chi connectivity index (χ2v) is 7.74. The van der Waals surface area contributed by atoms with Crippen molar-refractivity contribution < 1.29 is 4.79 Å². The standard InChI is InChI=1S/C22H29N3O/c1-2-3-14-22(21(26)24-16-9-5-4-6-10-16)20-18(13-15-23-22)17-11-7-8-12-19(17)25-20/h2,7-8,11-12,16,23,25H,1,3-6,9-10,13-15H2,(H,24,26)/t22-/m0/s1. The van der Waals surface area contributed by atoms with Crippen molar-refractivity contribution in [3.8, 4) is 0 Å². The van der Waals surface area contributed by atoms with Crippen molar-refractivity contribution in [1.82, 2.24) is 15.6 Å². The Labute approximate surface area is 155 Å². The van der Waals surface area contributed by atoms with Crippen molar-refractivity contribution in [1.29, 1.82) is 0 Å². The Kier molecular flexibility index (Phi) is 4.86. The highest BCUT2D eigenvalue weighted by Gasteiger charge is 2.45. The molecule has 2 heterocycles. The Balaban J connectivity index is 1.73. The van der Waals surface area contributed by atoms with Crippen LogP contribution < -0.4 is 10.6 Å². The smallest absolute Gasteiger partial charge is 0.246 e. The first-order valence-electron chi connectivity index (χ1n) is 10.0. The fourth-order valence-corrected chi connectivity index (χ4v) is 4.71. The minimum atomic E-state index is -0.682. The first kappa shape index (κ1) is 17.3. The number of nitrogens with one attached hydrogen (secondary N) is 3. The summed E-state index contributed by atoms with van der Waals surface area (Å²) in [5, 5.41) is 8.20. The number of hydrogen-bond donors (Lipinski definition) is 3. The van der Waals surface area contributed by atoms with E-state index in [0.717, 1.165) is 49.9 Å². The van der Waals surface area contributed by atoms with Gasteiger partial charge in [0.15, 0.2) is 0 Å². The van der Waals surface area contributed by atoms with E-state index in [4.69, 9.17) is 0 Å². The van der Waals surface area contributed by atoms with Gasteiger partial charge in [0.05, 0.1) is 0 Å². The first-order valence-corrected chi connectivity index (χ1v) is 10.0. The van der Waals surface area contributed by atoms with Crippen molar-refractivity contribution in [3.63, 3.8) is 0 Å². The molecule has 1 aliphatic heterocycles. The number of aromatic amines is 1. The predicted octanol–water partition coefficient (Wildman–Crippen LogP) is 3.92. The van der Waals surface area contributed by atoms with E-state index in [1.165, 1.54) is 30.2 Å². The van der Waals surface area contributed by atoms with Gasteiger partial charge >= 0.3 is 0 Å². The maximum atomic E-state index is 13.5. The largest absolute Gasteiger partial charge is 0.356 e. The molecule has 26 heavy (non-hydrogen) atoms. The Hall–Kier alpha value is -2.07. The van der Waals surface area contributed by atoms with Crippen LogP contribution in [-0.2, 0) is 16.8 Å². The summed E-state index contributed by atoms with van der Waals surface area (Å²) in [6.45, 7) is 4.70. The summed E-state index contributed by atoms with van der Waals surface area (Å²) in [7, 11) is 0. The summed E-state index contributed by atoms with van der Waals surface area (Å²) in [6, 6.07) is 8.70. The Morgan fingerprint density at radius 3 is 2.88 bits per heavy atom. The summed E-state index contributed by atoms with van der Waals surface area (Å²) >= 11 is 0. The molecule has 4 rings (SSSR count). The van der Waals surface area contributed by atoms with Crippen molar-refractivity contribution in [3.05, 3.63) is 48.2 Å². The molecule has 4 nitrogen and oxygen atoms in total. The highest BCUT2D eigenvalue weighted by molar-refractivity contribution is 5.93. The summed E-state index contributed by atoms with van der Waals surface area (Å²) in [4.78, 5) is 17.1. The number of hydrogen-bond acceptors (Lipinski definition) is 2. The highest BCUT2D eigenvalue weighted by Crippen LogP contribution is 2.37. The van der Waals surface area contributed by atoms with Gasteiger partial charge in [-0.2, -0.15) is 0 Å². The Bertz CT molecular complexity index is 803. The van der Waals surface area contributed by atoms with Crippen LogP contribution in [0.15, 0.2) is 36.9 Å². The van der Waals surface area contributed by atoms with Crippen LogP contribution in [0.3, 0.4) is 0 Å². The molecule has 1 atom stereocenters. The average molecular weight is 351 g/mol. The molecule has 0 unspecified atom stereocenters. The lowest BCUT2D eigenvalue weighted by atomic mass is 9.81. The van der Waals surface area contributed by atoms with E-state index in [0.29, 0.717) is 6.04 Å². The van der Waals surface area contributed by atoms with E-state index in [1.807, 2.05) is 12.1 Å². The Morgan fingerprint density at radius 2 is 2.08 bits per heavy atom. The number of aromatic nitrogens is 1. The maximum Gasteiger partial charge on any atom is 0.246 e. The zero-order chi connectivity index (χ0) is 18.0. The molecule has 1 saturated carbocycles. The topological polar surface area (TPSA) is 56.9 Å². The monoisotopic (exact) mass is 351 g/mol. The summed E-state index contributed by atoms with van der Waals surface area (Å²) < 4.78 is 0. The van der Waals surface area contributed by atoms with E-state index >= 15 is 0 Å². The van der Waals surface area contributed by atoms with Gasteiger partial charge in [0.25, 0.3) is 0 Å². The fourth-order valence-electron chi connectivity index (χ4n) is 4.71. The fraction of sp³-hybridized carbons (Fsp3) is 0.500. The van der Waals surface area contributed by atoms with Crippen LogP contribution in [0.1, 0.15) is 56.2 Å². The van der Waals surface area contributed by atoms with E-state index in [-0.39, 0.29) is 5.91 Å². The van der Waals surface area contributed by atoms with Crippen molar-refractivity contribution in [2.45, 2.75) is 62.9 Å². The molecule has 1 aromatic carbocycles. The van der Waals surface area contributed by atoms with E-state index in [9.17, 15) is 4.79 Å². The van der Waals surface area contributed by atoms with Crippen LogP contribution in [0, 0.1) is 0 Å². The number of amides is 1. The van der Waals surface area contributed by atoms with Gasteiger partial charge in [-0.1, -0.05) is 43.5 Å². The molecule has 0 saturated heterocycles. The highest BCUT2D eigenvalue weighted by atomic mass is 16.2. The van der Waals surface area contributed by atoms with Gasteiger partial charge in [-0.15, -0.1) is 6.58 Å². The van der Waals surface area contributed by atoms with Crippen LogP contribution in [0.5, 0.6) is 0 Å². The number of carbonyl (C=O) groups is 1. The van der Waals surface area contributed by atoms with E-state index < -0.39 is 5.54 Å². The third-order valence-electron chi connectivity index (χ3n) is 6.09. The lowest BCUT2D eigenvalue weighted by molar-refractivity contribution is -0.129. The van der Waals surface area contributed by atoms with E-state index in [2.05, 4.69) is 40.4 Å². The number of carbonyl (C=O) groups excluding carboxylic acids is 1. The lowest BCUT2D eigenvalue weighted by Crippen LogP contribution is -2.59. The van der Waals surface area contributed by atoms with Gasteiger partial charge in [-0.3, -0.25) is 10.1 Å². The van der Waals surface area contributed by atoms with Gasteiger partial charge in [0.1, 0.15) is 5.54 Å². The molecule has 1 aliphatic carbocycles. The summed E-state index contributed by atoms with van der Waals surface area (Å²) in [5.41, 5.74) is 2.79. The minimum Gasteiger partial charge on any atom is -0.356 e. The van der Waals surface area contributed by atoms with Crippen molar-refractivity contribution in [2.75, 3.05) is 6.54 Å². The average Bonchev–Trinajstić information content (AvgIpc) is 3.07. The molecule has 2 aliphatic rings. The zero-order valence-electron chi connectivity index (χ0n) is 15.4. The van der Waals surface area contributed by atoms with Crippen LogP contribution in [0.2, 0.25) is 0 Å². The molecule has 0 radical (unpaired) electrons. The van der Waals surface area contributed by atoms with Crippen LogP contribution in [0.25, 0.3) is 10.9 Å². The molecule has 0 spiro atoms. The molecule has 1 aromatic heterocycles. The Morgan fingerprint density at radius 1 is 1.27 bits per heavy atom. The molecule has 0 bridgehead atoms. The van der Waals surface area contributed by atoms with Crippen molar-refractivity contribution in [2.24, 2.45) is 0 Å². The van der Waals surface area contributed by atoms with Crippen LogP contribution in [0.4, 0.5) is 0 Å². The van der Waals surface area contributed by atoms with Gasteiger partial charge < -0.3 is 10.3 Å². The number of rotatable bonds is 5. The lowest BCUT2D eigenvalue weighted by Gasteiger charge is -2.38. The summed E-state index contributed by atoms with van der Waals surface area (Å²) in [5.74, 6) is 0.124. The van der Waals surface area contributed by atoms with Gasteiger partial charge in [-0.25, -0.2) is 0 Å². The normalized spacial score (nSPS) is 23.5. The number of allylic oxidation sites excluding steroid dienone is 1. The SMILES string of the molecule is C=CCC[C@]1(C(=O)NC2CCCCC2)NCCc2c1[nH]c1ccccc21. The number of H-pyrrole nitrogens is 1. The second kappa shape index (κ2) is 7.28. The zero-order valence-corrected chi connectivity index (χ0v) is 15.4. The molecule has 1 amide bonds. The number of para-hydroxylation sites is 1.